The number of nitriles is 1. The summed E-state index contributed by atoms with van der Waals surface area (Å²) in [6.07, 6.45) is 0.733. The molecule has 0 unspecified atom stereocenters. The second kappa shape index (κ2) is 5.85. The molecule has 1 rings (SSSR count). The van der Waals surface area contributed by atoms with Gasteiger partial charge in [0.2, 0.25) is 0 Å². The fourth-order valence-corrected chi connectivity index (χ4v) is 1.34. The molecule has 17 heavy (non-hydrogen) atoms. The molecule has 0 fully saturated rings. The van der Waals surface area contributed by atoms with Gasteiger partial charge in [-0.3, -0.25) is 0 Å². The molecule has 0 atom stereocenters. The van der Waals surface area contributed by atoms with Gasteiger partial charge in [0.15, 0.2) is 0 Å². The average molecular weight is 236 g/mol. The molecular formula is C12H13FN2O2. The smallest absolute Gasteiger partial charge is 0.341 e. The van der Waals surface area contributed by atoms with Crippen LogP contribution in [0.1, 0.15) is 28.8 Å². The maximum atomic E-state index is 13.6. The Morgan fingerprint density at radius 3 is 2.94 bits per heavy atom. The Morgan fingerprint density at radius 2 is 2.29 bits per heavy atom. The van der Waals surface area contributed by atoms with Gasteiger partial charge in [0.1, 0.15) is 5.82 Å². The van der Waals surface area contributed by atoms with Crippen molar-refractivity contribution in [2.75, 3.05) is 12.3 Å². The molecule has 0 aliphatic carbocycles. The first-order valence-electron chi connectivity index (χ1n) is 5.16. The van der Waals surface area contributed by atoms with Gasteiger partial charge in [0, 0.05) is 12.1 Å². The average Bonchev–Trinajstić information content (AvgIpc) is 2.29. The molecule has 0 radical (unpaired) electrons. The van der Waals surface area contributed by atoms with E-state index in [9.17, 15) is 9.18 Å². The summed E-state index contributed by atoms with van der Waals surface area (Å²) in [4.78, 5) is 11.5. The van der Waals surface area contributed by atoms with Gasteiger partial charge in [0.05, 0.1) is 18.2 Å². The van der Waals surface area contributed by atoms with Crippen molar-refractivity contribution in [3.8, 4) is 6.07 Å². The van der Waals surface area contributed by atoms with Crippen LogP contribution in [0.2, 0.25) is 0 Å². The Hall–Kier alpha value is -2.09. The standard InChI is InChI=1S/C12H13FN2O2/c1-8-6-9(15)7-10(11(8)13)12(16)17-5-3-2-4-14/h6-7H,2-3,5,15H2,1H3. The number of rotatable bonds is 4. The minimum absolute atomic E-state index is 0.0969. The molecule has 1 aromatic rings. The van der Waals surface area contributed by atoms with Gasteiger partial charge >= 0.3 is 5.97 Å². The highest BCUT2D eigenvalue weighted by atomic mass is 19.1. The molecule has 0 aromatic heterocycles. The van der Waals surface area contributed by atoms with Crippen molar-refractivity contribution < 1.29 is 13.9 Å². The van der Waals surface area contributed by atoms with Crippen LogP contribution in [0.4, 0.5) is 10.1 Å². The van der Waals surface area contributed by atoms with Crippen LogP contribution in [0, 0.1) is 24.1 Å². The van der Waals surface area contributed by atoms with E-state index in [1.807, 2.05) is 6.07 Å². The first-order chi connectivity index (χ1) is 8.06. The van der Waals surface area contributed by atoms with Crippen LogP contribution in [-0.4, -0.2) is 12.6 Å². The number of carbonyl (C=O) groups excluding carboxylic acids is 1. The number of ether oxygens (including phenoxy) is 1. The van der Waals surface area contributed by atoms with Crippen LogP contribution >= 0.6 is 0 Å². The Labute approximate surface area is 98.8 Å². The number of hydrogen-bond donors (Lipinski definition) is 1. The highest BCUT2D eigenvalue weighted by Gasteiger charge is 2.15. The number of nitrogens with zero attached hydrogens (tertiary/aromatic N) is 1. The molecule has 0 saturated heterocycles. The van der Waals surface area contributed by atoms with Crippen LogP contribution in [0.5, 0.6) is 0 Å². The van der Waals surface area contributed by atoms with Crippen LogP contribution in [0.15, 0.2) is 12.1 Å². The lowest BCUT2D eigenvalue weighted by Gasteiger charge is -2.07. The molecule has 4 nitrogen and oxygen atoms in total. The van der Waals surface area contributed by atoms with Crippen molar-refractivity contribution in [1.29, 1.82) is 5.26 Å². The summed E-state index contributed by atoms with van der Waals surface area (Å²) in [5.74, 6) is -1.37. The van der Waals surface area contributed by atoms with Gasteiger partial charge in [-0.15, -0.1) is 0 Å². The van der Waals surface area contributed by atoms with Gasteiger partial charge < -0.3 is 10.5 Å². The lowest BCUT2D eigenvalue weighted by molar-refractivity contribution is 0.0496. The SMILES string of the molecule is Cc1cc(N)cc(C(=O)OCCCC#N)c1F. The number of aryl methyl sites for hydroxylation is 1. The predicted octanol–water partition coefficient (Wildman–Crippen LogP) is 2.18. The molecule has 0 amide bonds. The Morgan fingerprint density at radius 1 is 1.59 bits per heavy atom. The minimum atomic E-state index is -0.754. The third kappa shape index (κ3) is 3.45. The van der Waals surface area contributed by atoms with E-state index in [0.29, 0.717) is 24.1 Å². The topological polar surface area (TPSA) is 76.1 Å². The van der Waals surface area contributed by atoms with E-state index in [1.54, 1.807) is 0 Å². The van der Waals surface area contributed by atoms with Gasteiger partial charge in [-0.05, 0) is 31.0 Å². The number of anilines is 1. The Bertz CT molecular complexity index is 466. The highest BCUT2D eigenvalue weighted by molar-refractivity contribution is 5.91. The van der Waals surface area contributed by atoms with Gasteiger partial charge in [-0.2, -0.15) is 5.26 Å². The van der Waals surface area contributed by atoms with Crippen LogP contribution in [0.25, 0.3) is 0 Å². The summed E-state index contributed by atoms with van der Waals surface area (Å²) >= 11 is 0. The third-order valence-corrected chi connectivity index (χ3v) is 2.16. The third-order valence-electron chi connectivity index (χ3n) is 2.16. The Kier molecular flexibility index (Phi) is 4.46. The summed E-state index contributed by atoms with van der Waals surface area (Å²) in [5, 5.41) is 8.30. The second-order valence-corrected chi connectivity index (χ2v) is 3.60. The van der Waals surface area contributed by atoms with Gasteiger partial charge in [-0.1, -0.05) is 0 Å². The molecule has 0 bridgehead atoms. The molecule has 0 heterocycles. The Balaban J connectivity index is 2.73. The highest BCUT2D eigenvalue weighted by Crippen LogP contribution is 2.18. The fraction of sp³-hybridized carbons (Fsp3) is 0.333. The lowest BCUT2D eigenvalue weighted by Crippen LogP contribution is -2.10. The molecule has 0 saturated carbocycles. The summed E-state index contributed by atoms with van der Waals surface area (Å²) in [5.41, 5.74) is 5.97. The van der Waals surface area contributed by atoms with E-state index < -0.39 is 11.8 Å². The number of benzene rings is 1. The molecule has 2 N–H and O–H groups in total. The van der Waals surface area contributed by atoms with Crippen molar-refractivity contribution in [3.05, 3.63) is 29.1 Å². The molecule has 0 aliphatic rings. The van der Waals surface area contributed by atoms with Crippen molar-refractivity contribution in [3.63, 3.8) is 0 Å². The number of nitrogens with two attached hydrogens (primary N) is 1. The zero-order valence-corrected chi connectivity index (χ0v) is 9.50. The quantitative estimate of drug-likeness (QED) is 0.494. The van der Waals surface area contributed by atoms with E-state index in [1.165, 1.54) is 19.1 Å². The van der Waals surface area contributed by atoms with Crippen molar-refractivity contribution in [2.45, 2.75) is 19.8 Å². The maximum absolute atomic E-state index is 13.6. The van der Waals surface area contributed by atoms with E-state index >= 15 is 0 Å². The van der Waals surface area contributed by atoms with Crippen LogP contribution in [0.3, 0.4) is 0 Å². The van der Waals surface area contributed by atoms with Crippen molar-refractivity contribution >= 4 is 11.7 Å². The number of hydrogen-bond acceptors (Lipinski definition) is 4. The summed E-state index contributed by atoms with van der Waals surface area (Å²) in [6.45, 7) is 1.62. The van der Waals surface area contributed by atoms with E-state index in [0.717, 1.165) is 0 Å². The number of esters is 1. The van der Waals surface area contributed by atoms with Crippen LogP contribution < -0.4 is 5.73 Å². The maximum Gasteiger partial charge on any atom is 0.341 e. The first-order valence-corrected chi connectivity index (χ1v) is 5.16. The monoisotopic (exact) mass is 236 g/mol. The largest absolute Gasteiger partial charge is 0.462 e. The van der Waals surface area contributed by atoms with Gasteiger partial charge in [0.25, 0.3) is 0 Å². The molecule has 5 heteroatoms. The van der Waals surface area contributed by atoms with Crippen LogP contribution in [-0.2, 0) is 4.74 Å². The minimum Gasteiger partial charge on any atom is -0.462 e. The van der Waals surface area contributed by atoms with E-state index in [2.05, 4.69) is 0 Å². The van der Waals surface area contributed by atoms with Crippen molar-refractivity contribution in [2.24, 2.45) is 0 Å². The lowest BCUT2D eigenvalue weighted by atomic mass is 10.1. The van der Waals surface area contributed by atoms with E-state index in [-0.39, 0.29) is 12.2 Å². The number of unbranched alkanes of at least 4 members (excludes halogenated alkanes) is 1. The fourth-order valence-electron chi connectivity index (χ4n) is 1.34. The van der Waals surface area contributed by atoms with Gasteiger partial charge in [-0.25, -0.2) is 9.18 Å². The summed E-state index contributed by atoms with van der Waals surface area (Å²) in [7, 11) is 0. The zero-order valence-electron chi connectivity index (χ0n) is 9.50. The normalized spacial score (nSPS) is 9.71. The summed E-state index contributed by atoms with van der Waals surface area (Å²) < 4.78 is 18.4. The molecule has 90 valence electrons. The molecule has 1 aromatic carbocycles. The number of halogens is 1. The summed E-state index contributed by atoms with van der Waals surface area (Å²) in [6, 6.07) is 4.62. The first kappa shape index (κ1) is 13.0. The predicted molar refractivity (Wildman–Crippen MR) is 60.7 cm³/mol. The van der Waals surface area contributed by atoms with E-state index in [4.69, 9.17) is 15.7 Å². The van der Waals surface area contributed by atoms with Crippen molar-refractivity contribution in [1.82, 2.24) is 0 Å². The number of nitrogen functional groups attached to an aromatic ring is 1. The molecular weight excluding hydrogens is 223 g/mol. The second-order valence-electron chi connectivity index (χ2n) is 3.60. The number of carbonyl (C=O) groups is 1. The molecule has 0 aliphatic heterocycles. The molecule has 0 spiro atoms. The zero-order chi connectivity index (χ0) is 12.8.